The Hall–Kier alpha value is -3.52. The van der Waals surface area contributed by atoms with Crippen molar-refractivity contribution in [1.82, 2.24) is 19.9 Å². The first-order valence-electron chi connectivity index (χ1n) is 22.3. The van der Waals surface area contributed by atoms with Crippen LogP contribution in [0.1, 0.15) is 89.5 Å². The molecule has 368 valence electrons. The number of fused-ring (bicyclic) bond motifs is 8. The third-order valence-electron chi connectivity index (χ3n) is 11.6. The zero-order valence-corrected chi connectivity index (χ0v) is 53.7. The van der Waals surface area contributed by atoms with Gasteiger partial charge in [-0.1, -0.05) is 48.5 Å². The van der Waals surface area contributed by atoms with E-state index in [2.05, 4.69) is 9.97 Å². The largest absolute Gasteiger partial charge is 1.00 e. The number of phenols is 2. The van der Waals surface area contributed by atoms with E-state index in [9.17, 15) is 49.8 Å². The Bertz CT molecular complexity index is 3130. The molecule has 0 unspecified atom stereocenters. The van der Waals surface area contributed by atoms with Crippen LogP contribution >= 0.6 is 45.3 Å². The predicted molar refractivity (Wildman–Crippen MR) is 260 cm³/mol. The van der Waals surface area contributed by atoms with Gasteiger partial charge in [-0.15, -0.1) is 45.3 Å². The maximum absolute atomic E-state index is 12.3. The van der Waals surface area contributed by atoms with Crippen LogP contribution in [0.2, 0.25) is 0 Å². The van der Waals surface area contributed by atoms with E-state index in [-0.39, 0.29) is 225 Å². The Morgan fingerprint density at radius 1 is 0.434 bits per heavy atom. The molecule has 1 aliphatic rings. The average molecular weight is 1130 g/mol. The molecule has 0 saturated carbocycles. The second-order valence-corrected chi connectivity index (χ2v) is 20.8. The van der Waals surface area contributed by atoms with Crippen LogP contribution in [0.15, 0.2) is 70.1 Å². The summed E-state index contributed by atoms with van der Waals surface area (Å²) in [4.78, 5) is 67.4. The van der Waals surface area contributed by atoms with Gasteiger partial charge in [0.25, 0.3) is 0 Å². The molecule has 0 fully saturated rings. The summed E-state index contributed by atoms with van der Waals surface area (Å²) in [5, 5.41) is 83.7. The Labute approximate surface area is 540 Å². The number of ether oxygens (including phenoxy) is 2. The molecule has 1 aliphatic carbocycles. The van der Waals surface area contributed by atoms with Crippen molar-refractivity contribution in [2.45, 2.75) is 78.4 Å². The summed E-state index contributed by atoms with van der Waals surface area (Å²) in [5.41, 5.74) is 6.29. The third-order valence-corrected chi connectivity index (χ3v) is 15.6. The Balaban J connectivity index is 0.00000267. The molecular formula is C52H40N4Na4O12S4. The average Bonchev–Trinajstić information content (AvgIpc) is 4.14. The van der Waals surface area contributed by atoms with E-state index in [1.54, 1.807) is 24.3 Å². The van der Waals surface area contributed by atoms with Crippen molar-refractivity contribution in [2.75, 3.05) is 0 Å². The molecule has 4 aromatic heterocycles. The van der Waals surface area contributed by atoms with Gasteiger partial charge in [-0.3, -0.25) is 0 Å². The number of aliphatic carboxylic acids is 4. The number of carbonyl (C=O) groups is 4. The number of rotatable bonds is 16. The van der Waals surface area contributed by atoms with Crippen LogP contribution in [0.5, 0.6) is 23.0 Å². The summed E-state index contributed by atoms with van der Waals surface area (Å²) >= 11 is 5.64. The second kappa shape index (κ2) is 28.1. The number of phenolic OH excluding ortho intramolecular Hbond substituents is 2. The Kier molecular flexibility index (Phi) is 23.4. The van der Waals surface area contributed by atoms with Crippen molar-refractivity contribution < 1.29 is 178 Å². The number of hydrogen-bond acceptors (Lipinski definition) is 20. The van der Waals surface area contributed by atoms with Gasteiger partial charge in [-0.25, -0.2) is 19.9 Å². The summed E-state index contributed by atoms with van der Waals surface area (Å²) in [5.74, 6) is -5.56. The van der Waals surface area contributed by atoms with Gasteiger partial charge in [0.15, 0.2) is 20.0 Å². The van der Waals surface area contributed by atoms with E-state index in [1.165, 1.54) is 69.6 Å². The van der Waals surface area contributed by atoms with E-state index < -0.39 is 49.6 Å². The summed E-state index contributed by atoms with van der Waals surface area (Å²) < 4.78 is 13.3. The Morgan fingerprint density at radius 2 is 0.684 bits per heavy atom. The molecule has 8 aromatic rings. The molecule has 8 bridgehead atoms. The number of aromatic hydroxyl groups is 2. The number of aromatic nitrogens is 4. The van der Waals surface area contributed by atoms with Crippen LogP contribution in [-0.4, -0.2) is 54.0 Å². The number of hydrogen-bond donors (Lipinski definition) is 2. The van der Waals surface area contributed by atoms with Crippen LogP contribution in [0.25, 0.3) is 20.0 Å². The van der Waals surface area contributed by atoms with E-state index >= 15 is 0 Å². The van der Waals surface area contributed by atoms with Crippen molar-refractivity contribution in [3.63, 3.8) is 0 Å². The summed E-state index contributed by atoms with van der Waals surface area (Å²) in [6.45, 7) is 3.60. The summed E-state index contributed by atoms with van der Waals surface area (Å²) in [7, 11) is 0. The van der Waals surface area contributed by atoms with E-state index in [1.807, 2.05) is 35.4 Å². The van der Waals surface area contributed by atoms with Crippen molar-refractivity contribution >= 4 is 69.2 Å². The molecule has 76 heavy (non-hydrogen) atoms. The van der Waals surface area contributed by atoms with Crippen LogP contribution in [-0.2, 0) is 83.8 Å². The standard InChI is InChI=1S/C52H44N4O12S4.4Na/c1-25-21-69-49(53-25)51-55-39(23-71-51)19-67-47-35-7-29(13-43(61)62)8-36(47)16-32-4-28(12-42(59)60)6-34(46(32)66)18-38-10-30(14-44(63)64)9-37(17-33-5-27(11-41(57)58)3-31(15-35)45(33)65)48(38)68-20-40-24-72-52(56-40)50-54-26(2)22-70-50;;;;/h3-10,21-24,65-66H,11-20H2,1-2H3,(H,57,58)(H,59,60)(H,61,62)(H,63,64);;;;/q;4*+1/p-4. The minimum absolute atomic E-state index is 0. The molecule has 9 rings (SSSR count). The molecule has 0 saturated heterocycles. The zero-order chi connectivity index (χ0) is 50.8. The molecule has 0 radical (unpaired) electrons. The molecule has 4 aromatic carbocycles. The van der Waals surface area contributed by atoms with Gasteiger partial charge in [0.1, 0.15) is 36.2 Å². The first kappa shape index (κ1) is 63.3. The van der Waals surface area contributed by atoms with Crippen LogP contribution in [0, 0.1) is 13.8 Å². The van der Waals surface area contributed by atoms with Crippen LogP contribution in [0.3, 0.4) is 0 Å². The molecule has 24 heteroatoms. The smallest absolute Gasteiger partial charge is 0.550 e. The van der Waals surface area contributed by atoms with E-state index in [0.717, 1.165) is 21.4 Å². The second-order valence-electron chi connectivity index (χ2n) is 17.4. The minimum atomic E-state index is -1.39. The number of benzene rings is 4. The van der Waals surface area contributed by atoms with Gasteiger partial charge in [0.2, 0.25) is 0 Å². The molecule has 16 nitrogen and oxygen atoms in total. The van der Waals surface area contributed by atoms with E-state index in [4.69, 9.17) is 19.4 Å². The SMILES string of the molecule is Cc1csc(-c2nc(COc3c4cc(CC(=O)[O-])cc3Cc3cc(CC(=O)[O-])cc(c3O)Cc3cc(CC(=O)[O-])cc(c3OCc3csc(-c5nc(C)cs5)n3)Cc3cc(CC(=O)[O-])cc(c3O)C4)cs2)n1.[Na+].[Na+].[Na+].[Na+]. The molecule has 0 aliphatic heterocycles. The number of carboxylic acid groups (broad SMARTS) is 4. The monoisotopic (exact) mass is 1130 g/mol. The number of aryl methyl sites for hydroxylation is 2. The van der Waals surface area contributed by atoms with Gasteiger partial charge in [0.05, 0.1) is 11.4 Å². The fourth-order valence-corrected chi connectivity index (χ4v) is 12.1. The molecule has 0 amide bonds. The van der Waals surface area contributed by atoms with Gasteiger partial charge in [0, 0.05) is 108 Å². The summed E-state index contributed by atoms with van der Waals surface area (Å²) in [6.07, 6.45) is -2.74. The Morgan fingerprint density at radius 3 is 0.934 bits per heavy atom. The predicted octanol–water partition coefficient (Wildman–Crippen LogP) is -8.11. The fraction of sp³-hybridized carbons (Fsp3) is 0.231. The van der Waals surface area contributed by atoms with Crippen LogP contribution in [0.4, 0.5) is 0 Å². The van der Waals surface area contributed by atoms with Gasteiger partial charge in [-0.2, -0.15) is 0 Å². The maximum Gasteiger partial charge on any atom is 1.00 e. The third kappa shape index (κ3) is 15.9. The van der Waals surface area contributed by atoms with Gasteiger partial charge >= 0.3 is 118 Å². The number of carboxylic acids is 4. The maximum atomic E-state index is 12.3. The first-order chi connectivity index (χ1) is 34.5. The normalized spacial score (nSPS) is 11.5. The van der Waals surface area contributed by atoms with Gasteiger partial charge < -0.3 is 59.3 Å². The van der Waals surface area contributed by atoms with Crippen molar-refractivity contribution in [3.05, 3.63) is 160 Å². The van der Waals surface area contributed by atoms with Crippen LogP contribution < -0.4 is 148 Å². The molecular weight excluding hydrogens is 1090 g/mol. The number of thiazole rings is 4. The van der Waals surface area contributed by atoms with Crippen molar-refractivity contribution in [1.29, 1.82) is 0 Å². The van der Waals surface area contributed by atoms with Gasteiger partial charge in [-0.05, 0) is 80.6 Å². The number of carbonyl (C=O) groups excluding carboxylic acids is 4. The molecule has 0 spiro atoms. The van der Waals surface area contributed by atoms with E-state index in [0.29, 0.717) is 43.7 Å². The minimum Gasteiger partial charge on any atom is -0.550 e. The topological polar surface area (TPSA) is 271 Å². The zero-order valence-electron chi connectivity index (χ0n) is 42.4. The quantitative estimate of drug-likeness (QED) is 0.0851. The molecule has 2 N–H and O–H groups in total. The summed E-state index contributed by atoms with van der Waals surface area (Å²) in [6, 6.07) is 12.4. The number of nitrogens with zero attached hydrogens (tertiary/aromatic N) is 4. The molecule has 0 atom stereocenters. The molecule has 4 heterocycles. The fourth-order valence-electron chi connectivity index (χ4n) is 8.79. The van der Waals surface area contributed by atoms with Crippen molar-refractivity contribution in [3.8, 4) is 43.0 Å². The first-order valence-corrected chi connectivity index (χ1v) is 25.8. The van der Waals surface area contributed by atoms with Crippen molar-refractivity contribution in [2.24, 2.45) is 0 Å².